The molecule has 6 nitrogen and oxygen atoms in total. The first-order valence-corrected chi connectivity index (χ1v) is 8.18. The topological polar surface area (TPSA) is 64.7 Å². The van der Waals surface area contributed by atoms with Gasteiger partial charge in [0.1, 0.15) is 0 Å². The molecule has 0 aliphatic carbocycles. The van der Waals surface area contributed by atoms with E-state index in [1.165, 1.54) is 6.42 Å². The molecule has 0 saturated carbocycles. The number of rotatable bonds is 2. The van der Waals surface area contributed by atoms with Crippen molar-refractivity contribution in [1.82, 2.24) is 20.4 Å². The lowest BCUT2D eigenvalue weighted by Gasteiger charge is -2.24. The number of carbonyl (C=O) groups is 2. The molecule has 0 spiro atoms. The summed E-state index contributed by atoms with van der Waals surface area (Å²) in [6.07, 6.45) is 4.22. The molecule has 0 radical (unpaired) electrons. The fraction of sp³-hybridized carbons (Fsp3) is 0.867. The number of urea groups is 2. The summed E-state index contributed by atoms with van der Waals surface area (Å²) in [6, 6.07) is 0.0884. The van der Waals surface area contributed by atoms with E-state index >= 15 is 0 Å². The van der Waals surface area contributed by atoms with Crippen LogP contribution in [0.5, 0.6) is 0 Å². The van der Waals surface area contributed by atoms with Gasteiger partial charge in [-0.25, -0.2) is 9.59 Å². The number of carbonyl (C=O) groups excluding carboxylic acids is 2. The van der Waals surface area contributed by atoms with E-state index in [-0.39, 0.29) is 18.1 Å². The molecule has 2 fully saturated rings. The zero-order valence-electron chi connectivity index (χ0n) is 13.2. The van der Waals surface area contributed by atoms with Crippen LogP contribution in [-0.2, 0) is 0 Å². The lowest BCUT2D eigenvalue weighted by atomic mass is 10.0. The summed E-state index contributed by atoms with van der Waals surface area (Å²) in [5.74, 6) is 0.711. The second kappa shape index (κ2) is 7.52. The van der Waals surface area contributed by atoms with Gasteiger partial charge in [-0.15, -0.1) is 0 Å². The number of nitrogens with one attached hydrogen (secondary N) is 2. The minimum atomic E-state index is -0.0298. The molecule has 0 aromatic rings. The van der Waals surface area contributed by atoms with Crippen molar-refractivity contribution >= 4 is 12.1 Å². The molecule has 21 heavy (non-hydrogen) atoms. The van der Waals surface area contributed by atoms with Gasteiger partial charge in [-0.2, -0.15) is 0 Å². The predicted molar refractivity (Wildman–Crippen MR) is 82.2 cm³/mol. The monoisotopic (exact) mass is 296 g/mol. The Hall–Kier alpha value is -1.46. The summed E-state index contributed by atoms with van der Waals surface area (Å²) < 4.78 is 0. The van der Waals surface area contributed by atoms with Crippen molar-refractivity contribution in [3.05, 3.63) is 0 Å². The largest absolute Gasteiger partial charge is 0.338 e. The van der Waals surface area contributed by atoms with Crippen molar-refractivity contribution in [2.45, 2.75) is 45.6 Å². The normalized spacial score (nSPS) is 26.4. The Kier molecular flexibility index (Phi) is 5.70. The second-order valence-corrected chi connectivity index (χ2v) is 6.24. The molecular weight excluding hydrogens is 268 g/mol. The third kappa shape index (κ3) is 4.51. The Bertz CT molecular complexity index is 375. The van der Waals surface area contributed by atoms with Crippen LogP contribution < -0.4 is 10.6 Å². The van der Waals surface area contributed by atoms with Crippen molar-refractivity contribution in [2.75, 3.05) is 32.7 Å². The lowest BCUT2D eigenvalue weighted by Crippen LogP contribution is -2.47. The molecule has 2 N–H and O–H groups in total. The van der Waals surface area contributed by atoms with E-state index in [1.807, 2.05) is 11.8 Å². The van der Waals surface area contributed by atoms with Crippen LogP contribution in [0.4, 0.5) is 9.59 Å². The van der Waals surface area contributed by atoms with E-state index in [2.05, 4.69) is 17.6 Å². The molecule has 2 rings (SSSR count). The Morgan fingerprint density at radius 1 is 1.05 bits per heavy atom. The molecule has 2 saturated heterocycles. The Morgan fingerprint density at radius 3 is 2.57 bits per heavy atom. The maximum Gasteiger partial charge on any atom is 0.317 e. The van der Waals surface area contributed by atoms with E-state index in [0.29, 0.717) is 25.6 Å². The minimum absolute atomic E-state index is 0.0298. The molecule has 120 valence electrons. The van der Waals surface area contributed by atoms with Crippen molar-refractivity contribution in [1.29, 1.82) is 0 Å². The van der Waals surface area contributed by atoms with E-state index in [0.717, 1.165) is 32.4 Å². The molecule has 0 aromatic heterocycles. The molecule has 2 aliphatic rings. The van der Waals surface area contributed by atoms with Gasteiger partial charge in [0, 0.05) is 38.8 Å². The number of hydrogen-bond acceptors (Lipinski definition) is 2. The first-order chi connectivity index (χ1) is 10.1. The van der Waals surface area contributed by atoms with E-state index in [4.69, 9.17) is 0 Å². The molecule has 0 aromatic carbocycles. The molecule has 6 heteroatoms. The predicted octanol–water partition coefficient (Wildman–Crippen LogP) is 1.62. The molecule has 2 atom stereocenters. The summed E-state index contributed by atoms with van der Waals surface area (Å²) >= 11 is 0. The second-order valence-electron chi connectivity index (χ2n) is 6.24. The van der Waals surface area contributed by atoms with E-state index < -0.39 is 0 Å². The standard InChI is InChI=1S/C15H28N4O2/c1-3-16-14(20)19-10-7-13(11-19)17-15(21)18-8-4-5-12(2)6-9-18/h12-13H,3-11H2,1-2H3,(H,16,20)(H,17,21). The van der Waals surface area contributed by atoms with Gasteiger partial charge in [-0.3, -0.25) is 0 Å². The number of amides is 4. The average molecular weight is 296 g/mol. The highest BCUT2D eigenvalue weighted by Gasteiger charge is 2.28. The van der Waals surface area contributed by atoms with Gasteiger partial charge in [-0.05, 0) is 38.5 Å². The smallest absolute Gasteiger partial charge is 0.317 e. The molecule has 2 aliphatic heterocycles. The summed E-state index contributed by atoms with van der Waals surface area (Å²) in [7, 11) is 0. The quantitative estimate of drug-likeness (QED) is 0.813. The first kappa shape index (κ1) is 15.9. The van der Waals surface area contributed by atoms with Gasteiger partial charge in [-0.1, -0.05) is 6.92 Å². The van der Waals surface area contributed by atoms with Crippen molar-refractivity contribution in [2.24, 2.45) is 5.92 Å². The number of nitrogens with zero attached hydrogens (tertiary/aromatic N) is 2. The van der Waals surface area contributed by atoms with Crippen molar-refractivity contribution in [3.63, 3.8) is 0 Å². The maximum atomic E-state index is 12.3. The highest BCUT2D eigenvalue weighted by molar-refractivity contribution is 5.76. The number of likely N-dealkylation sites (tertiary alicyclic amines) is 2. The maximum absolute atomic E-state index is 12.3. The average Bonchev–Trinajstić information content (AvgIpc) is 2.80. The van der Waals surface area contributed by atoms with Gasteiger partial charge in [0.25, 0.3) is 0 Å². The third-order valence-electron chi connectivity index (χ3n) is 4.44. The summed E-state index contributed by atoms with van der Waals surface area (Å²) in [4.78, 5) is 27.8. The summed E-state index contributed by atoms with van der Waals surface area (Å²) in [6.45, 7) is 7.83. The van der Waals surface area contributed by atoms with Crippen LogP contribution in [0, 0.1) is 5.92 Å². The Morgan fingerprint density at radius 2 is 1.81 bits per heavy atom. The van der Waals surface area contributed by atoms with E-state index in [1.54, 1.807) is 4.90 Å². The Balaban J connectivity index is 1.77. The zero-order chi connectivity index (χ0) is 15.2. The zero-order valence-corrected chi connectivity index (χ0v) is 13.2. The van der Waals surface area contributed by atoms with Gasteiger partial charge < -0.3 is 20.4 Å². The highest BCUT2D eigenvalue weighted by Crippen LogP contribution is 2.17. The van der Waals surface area contributed by atoms with Gasteiger partial charge in [0.05, 0.1) is 0 Å². The molecule has 2 unspecified atom stereocenters. The van der Waals surface area contributed by atoms with Gasteiger partial charge in [0.15, 0.2) is 0 Å². The molecule has 4 amide bonds. The summed E-state index contributed by atoms with van der Waals surface area (Å²) in [5.41, 5.74) is 0. The number of hydrogen-bond donors (Lipinski definition) is 2. The van der Waals surface area contributed by atoms with Crippen LogP contribution in [0.15, 0.2) is 0 Å². The van der Waals surface area contributed by atoms with Crippen LogP contribution in [0.3, 0.4) is 0 Å². The Labute approximate surface area is 127 Å². The van der Waals surface area contributed by atoms with Crippen molar-refractivity contribution in [3.8, 4) is 0 Å². The first-order valence-electron chi connectivity index (χ1n) is 8.18. The van der Waals surface area contributed by atoms with Crippen LogP contribution in [0.2, 0.25) is 0 Å². The fourth-order valence-electron chi connectivity index (χ4n) is 3.06. The van der Waals surface area contributed by atoms with E-state index in [9.17, 15) is 9.59 Å². The molecular formula is C15H28N4O2. The van der Waals surface area contributed by atoms with Gasteiger partial charge >= 0.3 is 12.1 Å². The minimum Gasteiger partial charge on any atom is -0.338 e. The molecule has 0 bridgehead atoms. The van der Waals surface area contributed by atoms with Crippen LogP contribution in [0.25, 0.3) is 0 Å². The lowest BCUT2D eigenvalue weighted by molar-refractivity contribution is 0.193. The summed E-state index contributed by atoms with van der Waals surface area (Å²) in [5, 5.41) is 5.89. The van der Waals surface area contributed by atoms with Crippen LogP contribution in [-0.4, -0.2) is 60.6 Å². The van der Waals surface area contributed by atoms with Crippen LogP contribution >= 0.6 is 0 Å². The van der Waals surface area contributed by atoms with Crippen molar-refractivity contribution < 1.29 is 9.59 Å². The SMILES string of the molecule is CCNC(=O)N1CCC(NC(=O)N2CCCC(C)CC2)C1. The van der Waals surface area contributed by atoms with Gasteiger partial charge in [0.2, 0.25) is 0 Å². The fourth-order valence-corrected chi connectivity index (χ4v) is 3.06. The van der Waals surface area contributed by atoms with Crippen LogP contribution in [0.1, 0.15) is 39.5 Å². The third-order valence-corrected chi connectivity index (χ3v) is 4.44. The molecule has 2 heterocycles. The highest BCUT2D eigenvalue weighted by atomic mass is 16.2.